The summed E-state index contributed by atoms with van der Waals surface area (Å²) < 4.78 is 5.71. The van der Waals surface area contributed by atoms with E-state index in [1.165, 1.54) is 6.42 Å². The normalized spacial score (nSPS) is 54.9. The first-order valence-corrected chi connectivity index (χ1v) is 5.54. The molecular weight excluding hydrogens is 180 g/mol. The predicted molar refractivity (Wildman–Crippen MR) is 49.9 cm³/mol. The zero-order valence-corrected chi connectivity index (χ0v) is 8.40. The van der Waals surface area contributed by atoms with Gasteiger partial charge < -0.3 is 9.84 Å². The zero-order valence-electron chi connectivity index (χ0n) is 8.40. The second kappa shape index (κ2) is 2.51. The van der Waals surface area contributed by atoms with Crippen molar-refractivity contribution in [2.75, 3.05) is 0 Å². The molecule has 0 amide bonds. The van der Waals surface area contributed by atoms with Gasteiger partial charge in [-0.25, -0.2) is 0 Å². The van der Waals surface area contributed by atoms with E-state index in [1.54, 1.807) is 0 Å². The molecule has 0 aromatic carbocycles. The van der Waals surface area contributed by atoms with E-state index in [0.717, 1.165) is 19.3 Å². The van der Waals surface area contributed by atoms with Crippen LogP contribution in [-0.2, 0) is 9.53 Å². The van der Waals surface area contributed by atoms with Gasteiger partial charge in [-0.2, -0.15) is 0 Å². The van der Waals surface area contributed by atoms with Crippen LogP contribution in [0.5, 0.6) is 0 Å². The number of carboxylic acid groups (broad SMARTS) is 1. The van der Waals surface area contributed by atoms with E-state index < -0.39 is 5.97 Å². The minimum Gasteiger partial charge on any atom is -0.481 e. The summed E-state index contributed by atoms with van der Waals surface area (Å²) in [5.74, 6) is 0.213. The molecule has 1 heterocycles. The first-order chi connectivity index (χ1) is 6.63. The largest absolute Gasteiger partial charge is 0.481 e. The fourth-order valence-electron chi connectivity index (χ4n) is 3.74. The van der Waals surface area contributed by atoms with Gasteiger partial charge >= 0.3 is 5.97 Å². The maximum absolute atomic E-state index is 11.0. The minimum absolute atomic E-state index is 0.0872. The Morgan fingerprint density at radius 2 is 2.21 bits per heavy atom. The molecule has 3 nitrogen and oxygen atoms in total. The van der Waals surface area contributed by atoms with Crippen molar-refractivity contribution in [3.63, 3.8) is 0 Å². The summed E-state index contributed by atoms with van der Waals surface area (Å²) in [5.41, 5.74) is 0.106. The minimum atomic E-state index is -0.595. The standard InChI is InChI=1S/C11H16O3/c1-6-11(14-6)5-7-2-3-8(11)4-9(7)10(12)13/h6-9H,2-5H2,1H3,(H,12,13). The summed E-state index contributed by atoms with van der Waals surface area (Å²) in [5, 5.41) is 9.08. The van der Waals surface area contributed by atoms with Crippen molar-refractivity contribution in [1.29, 1.82) is 0 Å². The molecule has 5 unspecified atom stereocenters. The van der Waals surface area contributed by atoms with Crippen LogP contribution in [0.4, 0.5) is 0 Å². The maximum atomic E-state index is 11.0. The fourth-order valence-corrected chi connectivity index (χ4v) is 3.74. The summed E-state index contributed by atoms with van der Waals surface area (Å²) >= 11 is 0. The van der Waals surface area contributed by atoms with Crippen LogP contribution in [0.2, 0.25) is 0 Å². The Balaban J connectivity index is 1.83. The van der Waals surface area contributed by atoms with Crippen molar-refractivity contribution in [2.45, 2.75) is 44.3 Å². The number of hydrogen-bond acceptors (Lipinski definition) is 2. The Labute approximate surface area is 83.4 Å². The number of epoxide rings is 1. The molecule has 4 aliphatic rings. The van der Waals surface area contributed by atoms with Crippen LogP contribution in [0.3, 0.4) is 0 Å². The third-order valence-corrected chi connectivity index (χ3v) is 4.61. The summed E-state index contributed by atoms with van der Waals surface area (Å²) in [7, 11) is 0. The predicted octanol–water partition coefficient (Wildman–Crippen LogP) is 1.66. The van der Waals surface area contributed by atoms with Crippen molar-refractivity contribution < 1.29 is 14.6 Å². The second-order valence-corrected chi connectivity index (χ2v) is 5.13. The van der Waals surface area contributed by atoms with Gasteiger partial charge in [-0.3, -0.25) is 4.79 Å². The van der Waals surface area contributed by atoms with Gasteiger partial charge in [0.2, 0.25) is 0 Å². The molecule has 4 fully saturated rings. The Morgan fingerprint density at radius 3 is 2.64 bits per heavy atom. The molecule has 78 valence electrons. The van der Waals surface area contributed by atoms with Gasteiger partial charge in [0.15, 0.2) is 0 Å². The molecule has 3 saturated carbocycles. The third-order valence-electron chi connectivity index (χ3n) is 4.61. The van der Waals surface area contributed by atoms with E-state index in [9.17, 15) is 4.79 Å². The van der Waals surface area contributed by atoms with Gasteiger partial charge in [-0.15, -0.1) is 0 Å². The van der Waals surface area contributed by atoms with Gasteiger partial charge in [0.1, 0.15) is 0 Å². The van der Waals surface area contributed by atoms with E-state index in [1.807, 2.05) is 0 Å². The summed E-state index contributed by atoms with van der Waals surface area (Å²) in [6, 6.07) is 0. The number of carboxylic acids is 1. The Morgan fingerprint density at radius 1 is 1.50 bits per heavy atom. The highest BCUT2D eigenvalue weighted by atomic mass is 16.6. The van der Waals surface area contributed by atoms with Crippen LogP contribution in [-0.4, -0.2) is 22.8 Å². The van der Waals surface area contributed by atoms with Crippen LogP contribution in [0.1, 0.15) is 32.6 Å². The van der Waals surface area contributed by atoms with Crippen LogP contribution in [0.15, 0.2) is 0 Å². The highest BCUT2D eigenvalue weighted by Gasteiger charge is 2.65. The third kappa shape index (κ3) is 0.937. The molecule has 1 saturated heterocycles. The molecule has 0 aromatic rings. The lowest BCUT2D eigenvalue weighted by Gasteiger charge is -2.44. The van der Waals surface area contributed by atoms with Gasteiger partial charge in [0.05, 0.1) is 17.6 Å². The number of aliphatic carboxylic acids is 1. The molecule has 2 bridgehead atoms. The van der Waals surface area contributed by atoms with Gasteiger partial charge in [-0.1, -0.05) is 0 Å². The lowest BCUT2D eigenvalue weighted by Crippen LogP contribution is -2.46. The molecule has 1 spiro atoms. The average Bonchev–Trinajstić information content (AvgIpc) is 2.77. The highest BCUT2D eigenvalue weighted by molar-refractivity contribution is 5.71. The quantitative estimate of drug-likeness (QED) is 0.649. The first kappa shape index (κ1) is 8.72. The molecule has 3 aliphatic carbocycles. The molecular formula is C11H16O3. The van der Waals surface area contributed by atoms with Crippen molar-refractivity contribution in [2.24, 2.45) is 17.8 Å². The molecule has 0 aromatic heterocycles. The molecule has 5 atom stereocenters. The molecule has 4 rings (SSSR count). The van der Waals surface area contributed by atoms with Gasteiger partial charge in [0, 0.05) is 0 Å². The first-order valence-electron chi connectivity index (χ1n) is 5.54. The maximum Gasteiger partial charge on any atom is 0.306 e. The van der Waals surface area contributed by atoms with Crippen LogP contribution in [0, 0.1) is 17.8 Å². The molecule has 1 N–H and O–H groups in total. The van der Waals surface area contributed by atoms with Crippen molar-refractivity contribution in [1.82, 2.24) is 0 Å². The van der Waals surface area contributed by atoms with E-state index in [0.29, 0.717) is 17.9 Å². The Kier molecular flexibility index (Phi) is 1.56. The van der Waals surface area contributed by atoms with E-state index in [-0.39, 0.29) is 11.5 Å². The smallest absolute Gasteiger partial charge is 0.306 e. The lowest BCUT2D eigenvalue weighted by molar-refractivity contribution is -0.149. The van der Waals surface area contributed by atoms with Gasteiger partial charge in [-0.05, 0) is 44.4 Å². The average molecular weight is 196 g/mol. The van der Waals surface area contributed by atoms with Crippen LogP contribution < -0.4 is 0 Å². The lowest BCUT2D eigenvalue weighted by atomic mass is 9.59. The number of ether oxygens (including phenoxy) is 1. The molecule has 0 radical (unpaired) electrons. The monoisotopic (exact) mass is 196 g/mol. The summed E-state index contributed by atoms with van der Waals surface area (Å²) in [6.45, 7) is 2.12. The van der Waals surface area contributed by atoms with E-state index in [2.05, 4.69) is 6.92 Å². The van der Waals surface area contributed by atoms with E-state index in [4.69, 9.17) is 9.84 Å². The topological polar surface area (TPSA) is 49.8 Å². The molecule has 14 heavy (non-hydrogen) atoms. The number of carbonyl (C=O) groups is 1. The van der Waals surface area contributed by atoms with Crippen LogP contribution >= 0.6 is 0 Å². The number of fused-ring (bicyclic) bond motifs is 2. The molecule has 1 aliphatic heterocycles. The van der Waals surface area contributed by atoms with Gasteiger partial charge in [0.25, 0.3) is 0 Å². The SMILES string of the molecule is CC1OC12CC1CCC2CC1C(=O)O. The highest BCUT2D eigenvalue weighted by Crippen LogP contribution is 2.60. The summed E-state index contributed by atoms with van der Waals surface area (Å²) in [6.07, 6.45) is 4.50. The van der Waals surface area contributed by atoms with E-state index >= 15 is 0 Å². The summed E-state index contributed by atoms with van der Waals surface area (Å²) in [4.78, 5) is 11.0. The second-order valence-electron chi connectivity index (χ2n) is 5.13. The number of hydrogen-bond donors (Lipinski definition) is 1. The van der Waals surface area contributed by atoms with Crippen molar-refractivity contribution in [3.05, 3.63) is 0 Å². The Hall–Kier alpha value is -0.570. The zero-order chi connectivity index (χ0) is 9.92. The Bertz CT molecular complexity index is 288. The molecule has 3 heteroatoms. The van der Waals surface area contributed by atoms with Crippen molar-refractivity contribution >= 4 is 5.97 Å². The fraction of sp³-hybridized carbons (Fsp3) is 0.909. The number of rotatable bonds is 1. The van der Waals surface area contributed by atoms with Crippen molar-refractivity contribution in [3.8, 4) is 0 Å². The van der Waals surface area contributed by atoms with Crippen LogP contribution in [0.25, 0.3) is 0 Å².